The number of nitrogens with two attached hydrogens (primary N) is 1. The third-order valence-corrected chi connectivity index (χ3v) is 4.12. The van der Waals surface area contributed by atoms with Gasteiger partial charge in [0.2, 0.25) is 11.8 Å². The predicted molar refractivity (Wildman–Crippen MR) is 79.4 cm³/mol. The van der Waals surface area contributed by atoms with Gasteiger partial charge in [-0.15, -0.1) is 0 Å². The van der Waals surface area contributed by atoms with E-state index in [1.807, 2.05) is 6.92 Å². The lowest BCUT2D eigenvalue weighted by atomic mass is 9.86. The maximum absolute atomic E-state index is 14.1. The Hall–Kier alpha value is -1.95. The molecule has 0 aromatic heterocycles. The fourth-order valence-electron chi connectivity index (χ4n) is 2.17. The topological polar surface area (TPSA) is 84.2 Å². The van der Waals surface area contributed by atoms with Gasteiger partial charge in [-0.2, -0.15) is 0 Å². The van der Waals surface area contributed by atoms with Crippen molar-refractivity contribution < 1.29 is 14.0 Å². The van der Waals surface area contributed by atoms with E-state index in [-0.39, 0.29) is 24.0 Å². The maximum atomic E-state index is 14.1. The zero-order chi connectivity index (χ0) is 15.6. The van der Waals surface area contributed by atoms with Crippen molar-refractivity contribution in [3.05, 3.63) is 23.5 Å². The van der Waals surface area contributed by atoms with Gasteiger partial charge in [-0.3, -0.25) is 9.59 Å². The molecule has 1 aromatic carbocycles. The molecule has 2 rings (SSSR count). The maximum Gasteiger partial charge on any atom is 0.231 e. The lowest BCUT2D eigenvalue weighted by molar-refractivity contribution is -0.124. The largest absolute Gasteiger partial charge is 0.329 e. The first-order valence-corrected chi connectivity index (χ1v) is 7.03. The van der Waals surface area contributed by atoms with Crippen LogP contribution < -0.4 is 16.4 Å². The number of halogens is 1. The highest BCUT2D eigenvalue weighted by Crippen LogP contribution is 2.30. The Labute approximate surface area is 123 Å². The highest BCUT2D eigenvalue weighted by atomic mass is 19.1. The summed E-state index contributed by atoms with van der Waals surface area (Å²) >= 11 is 0. The molecule has 1 aliphatic rings. The number of benzene rings is 1. The molecule has 0 saturated heterocycles. The van der Waals surface area contributed by atoms with Crippen molar-refractivity contribution in [2.45, 2.75) is 33.1 Å². The second kappa shape index (κ2) is 5.81. The number of hydrogen-bond acceptors (Lipinski definition) is 3. The van der Waals surface area contributed by atoms with Gasteiger partial charge in [0, 0.05) is 18.7 Å². The first kappa shape index (κ1) is 15.4. The molecule has 1 atom stereocenters. The van der Waals surface area contributed by atoms with Crippen LogP contribution in [0.2, 0.25) is 0 Å². The zero-order valence-electron chi connectivity index (χ0n) is 12.3. The van der Waals surface area contributed by atoms with Gasteiger partial charge in [0.15, 0.2) is 0 Å². The highest BCUT2D eigenvalue weighted by Gasteiger charge is 2.30. The molecule has 0 bridgehead atoms. The Morgan fingerprint density at radius 1 is 1.48 bits per heavy atom. The lowest BCUT2D eigenvalue weighted by Crippen LogP contribution is -2.39. The van der Waals surface area contributed by atoms with Gasteiger partial charge in [0.1, 0.15) is 5.82 Å². The van der Waals surface area contributed by atoms with Crippen LogP contribution in [0.25, 0.3) is 0 Å². The SMILES string of the molecule is CCC(C)(CN)C(=O)Nc1cc2c(cc1F)CCC(=O)N2. The number of fused-ring (bicyclic) bond motifs is 1. The van der Waals surface area contributed by atoms with Gasteiger partial charge in [0.05, 0.1) is 11.1 Å². The van der Waals surface area contributed by atoms with E-state index in [0.29, 0.717) is 24.9 Å². The van der Waals surface area contributed by atoms with E-state index >= 15 is 0 Å². The number of aryl methyl sites for hydroxylation is 1. The molecular formula is C15H20FN3O2. The van der Waals surface area contributed by atoms with Crippen LogP contribution in [0.15, 0.2) is 12.1 Å². The fourth-order valence-corrected chi connectivity index (χ4v) is 2.17. The Bertz CT molecular complexity index is 583. The second-order valence-electron chi connectivity index (χ2n) is 5.61. The number of anilines is 2. The fraction of sp³-hybridized carbons (Fsp3) is 0.467. The molecule has 0 spiro atoms. The van der Waals surface area contributed by atoms with Gasteiger partial charge < -0.3 is 16.4 Å². The summed E-state index contributed by atoms with van der Waals surface area (Å²) in [6, 6.07) is 2.82. The Morgan fingerprint density at radius 3 is 2.81 bits per heavy atom. The van der Waals surface area contributed by atoms with Crippen molar-refractivity contribution in [1.82, 2.24) is 0 Å². The Balaban J connectivity index is 2.27. The normalized spacial score (nSPS) is 16.7. The summed E-state index contributed by atoms with van der Waals surface area (Å²) < 4.78 is 14.1. The Morgan fingerprint density at radius 2 is 2.19 bits per heavy atom. The molecule has 0 fully saturated rings. The van der Waals surface area contributed by atoms with Gasteiger partial charge in [-0.05, 0) is 37.5 Å². The van der Waals surface area contributed by atoms with Crippen LogP contribution in [0, 0.1) is 11.2 Å². The number of hydrogen-bond donors (Lipinski definition) is 3. The van der Waals surface area contributed by atoms with Gasteiger partial charge >= 0.3 is 0 Å². The van der Waals surface area contributed by atoms with Crippen LogP contribution in [0.4, 0.5) is 15.8 Å². The molecule has 114 valence electrons. The number of nitrogens with one attached hydrogen (secondary N) is 2. The van der Waals surface area contributed by atoms with Crippen LogP contribution in [-0.2, 0) is 16.0 Å². The first-order chi connectivity index (χ1) is 9.89. The molecule has 1 aromatic rings. The van der Waals surface area contributed by atoms with Gasteiger partial charge in [0.25, 0.3) is 0 Å². The van der Waals surface area contributed by atoms with Crippen LogP contribution in [0.1, 0.15) is 32.3 Å². The first-order valence-electron chi connectivity index (χ1n) is 7.03. The molecule has 0 aliphatic carbocycles. The smallest absolute Gasteiger partial charge is 0.231 e. The average molecular weight is 293 g/mol. The molecule has 4 N–H and O–H groups in total. The van der Waals surface area contributed by atoms with E-state index in [1.54, 1.807) is 6.92 Å². The van der Waals surface area contributed by atoms with E-state index in [9.17, 15) is 14.0 Å². The quantitative estimate of drug-likeness (QED) is 0.794. The highest BCUT2D eigenvalue weighted by molar-refractivity contribution is 5.98. The molecule has 0 saturated carbocycles. The molecule has 21 heavy (non-hydrogen) atoms. The van der Waals surface area contributed by atoms with Crippen molar-refractivity contribution in [3.8, 4) is 0 Å². The van der Waals surface area contributed by atoms with Gasteiger partial charge in [-0.1, -0.05) is 6.92 Å². The molecule has 5 nitrogen and oxygen atoms in total. The lowest BCUT2D eigenvalue weighted by Gasteiger charge is -2.26. The molecule has 1 heterocycles. The standard InChI is InChI=1S/C15H20FN3O2/c1-3-15(2,8-17)14(21)19-12-7-11-9(6-10(12)16)4-5-13(20)18-11/h6-7H,3-5,8,17H2,1-2H3,(H,18,20)(H,19,21). The minimum atomic E-state index is -0.744. The third-order valence-electron chi connectivity index (χ3n) is 4.12. The third kappa shape index (κ3) is 3.05. The van der Waals surface area contributed by atoms with Gasteiger partial charge in [-0.25, -0.2) is 4.39 Å². The molecule has 1 unspecified atom stereocenters. The monoisotopic (exact) mass is 293 g/mol. The van der Waals surface area contributed by atoms with E-state index in [0.717, 1.165) is 5.56 Å². The van der Waals surface area contributed by atoms with Crippen molar-refractivity contribution in [1.29, 1.82) is 0 Å². The summed E-state index contributed by atoms with van der Waals surface area (Å²) in [7, 11) is 0. The Kier molecular flexibility index (Phi) is 4.27. The van der Waals surface area contributed by atoms with Crippen LogP contribution in [0.3, 0.4) is 0 Å². The summed E-state index contributed by atoms with van der Waals surface area (Å²) in [5.41, 5.74) is 6.24. The second-order valence-corrected chi connectivity index (χ2v) is 5.61. The number of rotatable bonds is 4. The van der Waals surface area contributed by atoms with E-state index in [1.165, 1.54) is 12.1 Å². The van der Waals surface area contributed by atoms with E-state index < -0.39 is 11.2 Å². The summed E-state index contributed by atoms with van der Waals surface area (Å²) in [6.07, 6.45) is 1.40. The molecule has 1 aliphatic heterocycles. The summed E-state index contributed by atoms with van der Waals surface area (Å²) in [5.74, 6) is -0.936. The summed E-state index contributed by atoms with van der Waals surface area (Å²) in [4.78, 5) is 23.6. The van der Waals surface area contributed by atoms with E-state index in [2.05, 4.69) is 10.6 Å². The minimum Gasteiger partial charge on any atom is -0.329 e. The van der Waals surface area contributed by atoms with E-state index in [4.69, 9.17) is 5.73 Å². The molecular weight excluding hydrogens is 273 g/mol. The van der Waals surface area contributed by atoms with Crippen LogP contribution >= 0.6 is 0 Å². The average Bonchev–Trinajstić information content (AvgIpc) is 2.47. The summed E-state index contributed by atoms with van der Waals surface area (Å²) in [6.45, 7) is 3.77. The predicted octanol–water partition coefficient (Wildman–Crippen LogP) is 2.02. The van der Waals surface area contributed by atoms with Crippen molar-refractivity contribution in [2.75, 3.05) is 17.2 Å². The molecule has 0 radical (unpaired) electrons. The van der Waals surface area contributed by atoms with Crippen molar-refractivity contribution >= 4 is 23.2 Å². The number of amides is 2. The molecule has 2 amide bonds. The summed E-state index contributed by atoms with van der Waals surface area (Å²) in [5, 5.41) is 5.26. The zero-order valence-corrected chi connectivity index (χ0v) is 12.3. The van der Waals surface area contributed by atoms with Crippen molar-refractivity contribution in [3.63, 3.8) is 0 Å². The van der Waals surface area contributed by atoms with Crippen LogP contribution in [-0.4, -0.2) is 18.4 Å². The van der Waals surface area contributed by atoms with Crippen LogP contribution in [0.5, 0.6) is 0 Å². The molecule has 6 heteroatoms. The van der Waals surface area contributed by atoms with Crippen molar-refractivity contribution in [2.24, 2.45) is 11.1 Å². The minimum absolute atomic E-state index is 0.0640. The number of carbonyl (C=O) groups excluding carboxylic acids is 2. The number of carbonyl (C=O) groups is 2.